The maximum Gasteiger partial charge on any atom is 0.329 e. The molecule has 2 unspecified atom stereocenters. The van der Waals surface area contributed by atoms with Crippen LogP contribution >= 0.6 is 0 Å². The fourth-order valence-corrected chi connectivity index (χ4v) is 11.3. The molecular formula is C52H79NO14. The number of allylic oxidation sites excluding steroid dienone is 6. The summed E-state index contributed by atoms with van der Waals surface area (Å²) in [6.45, 7) is 11.0. The molecule has 3 N–H and O–H groups in total. The number of fused-ring (bicyclic) bond motifs is 3. The molecule has 5 aliphatic rings. The summed E-state index contributed by atoms with van der Waals surface area (Å²) in [5.74, 6) is -8.43. The highest BCUT2D eigenvalue weighted by molar-refractivity contribution is 6.39. The number of amides is 1. The van der Waals surface area contributed by atoms with Crippen molar-refractivity contribution in [2.75, 3.05) is 41.1 Å². The quantitative estimate of drug-likeness (QED) is 0.158. The molecule has 67 heavy (non-hydrogen) atoms. The van der Waals surface area contributed by atoms with Crippen molar-refractivity contribution in [3.63, 3.8) is 0 Å². The summed E-state index contributed by atoms with van der Waals surface area (Å²) in [4.78, 5) is 72.4. The highest BCUT2D eigenvalue weighted by Crippen LogP contribution is 2.45. The zero-order valence-electron chi connectivity index (χ0n) is 41.3. The number of esters is 1. The Kier molecular flexibility index (Phi) is 20.3. The third-order valence-corrected chi connectivity index (χ3v) is 15.3. The maximum absolute atomic E-state index is 14.5. The number of methoxy groups -OCH3 is 3. The Hall–Kier alpha value is -3.41. The molecule has 0 radical (unpaired) electrons. The predicted octanol–water partition coefficient (Wildman–Crippen LogP) is 5.42. The lowest BCUT2D eigenvalue weighted by Crippen LogP contribution is -2.65. The van der Waals surface area contributed by atoms with Gasteiger partial charge in [0.25, 0.3) is 11.7 Å². The molecule has 0 aromatic carbocycles. The molecule has 1 aliphatic carbocycles. The van der Waals surface area contributed by atoms with Crippen molar-refractivity contribution in [2.45, 2.75) is 167 Å². The van der Waals surface area contributed by atoms with E-state index in [4.69, 9.17) is 28.4 Å². The molecule has 3 saturated heterocycles. The molecule has 5 rings (SSSR count). The molecule has 1 saturated carbocycles. The Labute approximate surface area is 397 Å². The van der Waals surface area contributed by atoms with Crippen molar-refractivity contribution in [2.24, 2.45) is 41.4 Å². The number of ketones is 3. The minimum Gasteiger partial charge on any atom is -0.460 e. The molecule has 1 amide bonds. The smallest absolute Gasteiger partial charge is 0.329 e. The van der Waals surface area contributed by atoms with E-state index < -0.39 is 89.6 Å². The zero-order valence-corrected chi connectivity index (χ0v) is 41.3. The maximum atomic E-state index is 14.5. The van der Waals surface area contributed by atoms with Gasteiger partial charge in [0.2, 0.25) is 5.79 Å². The van der Waals surface area contributed by atoms with E-state index in [0.717, 1.165) is 12.0 Å². The van der Waals surface area contributed by atoms with E-state index in [-0.39, 0.29) is 61.8 Å². The van der Waals surface area contributed by atoms with Crippen LogP contribution in [0, 0.1) is 41.4 Å². The fourth-order valence-electron chi connectivity index (χ4n) is 11.3. The minimum absolute atomic E-state index is 0.0196. The van der Waals surface area contributed by atoms with Crippen molar-refractivity contribution in [1.82, 2.24) is 4.90 Å². The summed E-state index contributed by atoms with van der Waals surface area (Å²) in [5, 5.41) is 32.9. The van der Waals surface area contributed by atoms with Crippen LogP contribution in [0.2, 0.25) is 0 Å². The number of rotatable bonds is 8. The van der Waals surface area contributed by atoms with E-state index in [9.17, 15) is 39.3 Å². The Balaban J connectivity index is 1.51. The second kappa shape index (κ2) is 24.9. The number of ether oxygens (including phenoxy) is 6. The number of aliphatic hydroxyl groups is 3. The topological polar surface area (TPSA) is 205 Å². The van der Waals surface area contributed by atoms with E-state index in [1.54, 1.807) is 41.1 Å². The van der Waals surface area contributed by atoms with Gasteiger partial charge >= 0.3 is 5.97 Å². The molecule has 15 heteroatoms. The number of hydrogen-bond donors (Lipinski definition) is 3. The third kappa shape index (κ3) is 13.3. The molecule has 0 spiro atoms. The normalized spacial score (nSPS) is 41.8. The van der Waals surface area contributed by atoms with E-state index in [1.165, 1.54) is 12.0 Å². The first kappa shape index (κ1) is 54.5. The highest BCUT2D eigenvalue weighted by atomic mass is 16.6. The van der Waals surface area contributed by atoms with Gasteiger partial charge in [-0.15, -0.1) is 0 Å². The van der Waals surface area contributed by atoms with Gasteiger partial charge in [-0.25, -0.2) is 4.79 Å². The second-order valence-electron chi connectivity index (χ2n) is 20.1. The lowest BCUT2D eigenvalue weighted by Gasteiger charge is -2.50. The largest absolute Gasteiger partial charge is 0.460 e. The zero-order chi connectivity index (χ0) is 49.2. The lowest BCUT2D eigenvalue weighted by molar-refractivity contribution is -0.266. The standard InChI is InChI=1S/C52H79NO14/c1-30-14-11-10-12-15-31(2)42(62-7)28-37-19-17-35(6)52(61,67-37)49(58)50(59)53-21-13-16-38-39(26-36-18-20-41(65-23-22-54)44(27-36)63-8)43(66-51(60)45(38)53)29-40(55)32(3)25-34(5)47(57)48(64-9)46(56)33(4)24-30/h10-12,14-15,25,30,32-33,35-39,41-45,47-48,54,57,61H,13,16-24,26-29H2,1-9H3/b12-10+,14-11+,31-15+,34-25+/t30-,32?,33-,35-,36+,37+,38?,39+,41-,42+,43+,44-,45+,47-,48+,52-/m1/s1. The highest BCUT2D eigenvalue weighted by Gasteiger charge is 2.57. The molecule has 0 aromatic heterocycles. The van der Waals surface area contributed by atoms with Crippen molar-refractivity contribution in [3.05, 3.63) is 47.6 Å². The Bertz CT molecular complexity index is 1840. The van der Waals surface area contributed by atoms with Gasteiger partial charge in [-0.1, -0.05) is 64.2 Å². The van der Waals surface area contributed by atoms with Gasteiger partial charge in [0.15, 0.2) is 5.78 Å². The summed E-state index contributed by atoms with van der Waals surface area (Å²) in [6.07, 6.45) is 11.6. The van der Waals surface area contributed by atoms with Crippen LogP contribution in [0.4, 0.5) is 0 Å². The fraction of sp³-hybridized carbons (Fsp3) is 0.750. The first-order valence-electron chi connectivity index (χ1n) is 24.6. The van der Waals surface area contributed by atoms with Gasteiger partial charge in [-0.2, -0.15) is 0 Å². The van der Waals surface area contributed by atoms with Gasteiger partial charge in [-0.3, -0.25) is 19.2 Å². The van der Waals surface area contributed by atoms with Crippen molar-refractivity contribution < 1.29 is 67.7 Å². The molecule has 0 aromatic rings. The molecule has 376 valence electrons. The monoisotopic (exact) mass is 942 g/mol. The second-order valence-corrected chi connectivity index (χ2v) is 20.1. The summed E-state index contributed by atoms with van der Waals surface area (Å²) in [5.41, 5.74) is 1.28. The summed E-state index contributed by atoms with van der Waals surface area (Å²) in [6, 6.07) is -1.13. The van der Waals surface area contributed by atoms with Crippen LogP contribution in [0.15, 0.2) is 47.6 Å². The minimum atomic E-state index is -2.44. The first-order valence-corrected chi connectivity index (χ1v) is 24.6. The molecule has 4 aliphatic heterocycles. The summed E-state index contributed by atoms with van der Waals surface area (Å²) >= 11 is 0. The third-order valence-electron chi connectivity index (χ3n) is 15.3. The SMILES string of the molecule is CO[C@H]1C[C@@H]2CC[C@@H](C)[C@@](O)(O2)C(=O)C(=O)N2CCCC3[C@H]2C(=O)O[C@@H](CC(=O)C(C)/C=C(\C)[C@@H](O)[C@@H](OC)C(=O)[C@H](C)C[C@H](C)/C=C/C=C/C=C/1C)[C@H]3C[C@@H]1CC[C@@H](OCCO)[C@H](OC)C1. The van der Waals surface area contributed by atoms with Crippen LogP contribution < -0.4 is 0 Å². The van der Waals surface area contributed by atoms with Gasteiger partial charge in [0, 0.05) is 64.4 Å². The summed E-state index contributed by atoms with van der Waals surface area (Å²) in [7, 11) is 4.59. The molecule has 4 heterocycles. The molecular weight excluding hydrogens is 863 g/mol. The first-order chi connectivity index (χ1) is 31.9. The average molecular weight is 942 g/mol. The van der Waals surface area contributed by atoms with Crippen LogP contribution in [0.1, 0.15) is 112 Å². The van der Waals surface area contributed by atoms with Gasteiger partial charge in [0.1, 0.15) is 30.1 Å². The van der Waals surface area contributed by atoms with Crippen LogP contribution in [0.25, 0.3) is 0 Å². The van der Waals surface area contributed by atoms with Gasteiger partial charge < -0.3 is 48.6 Å². The van der Waals surface area contributed by atoms with E-state index in [0.29, 0.717) is 63.4 Å². The van der Waals surface area contributed by atoms with Crippen LogP contribution in [-0.2, 0) is 52.4 Å². The molecule has 16 atom stereocenters. The Morgan fingerprint density at radius 3 is 2.28 bits per heavy atom. The van der Waals surface area contributed by atoms with E-state index in [2.05, 4.69) is 0 Å². The Morgan fingerprint density at radius 2 is 1.60 bits per heavy atom. The molecule has 4 fully saturated rings. The number of piperidine rings is 1. The average Bonchev–Trinajstić information content (AvgIpc) is 3.31. The number of hydrogen-bond acceptors (Lipinski definition) is 14. The van der Waals surface area contributed by atoms with E-state index in [1.807, 2.05) is 51.2 Å². The van der Waals surface area contributed by atoms with Crippen LogP contribution in [-0.4, -0.2) is 145 Å². The van der Waals surface area contributed by atoms with Gasteiger partial charge in [0.05, 0.1) is 37.6 Å². The molecule has 15 nitrogen and oxygen atoms in total. The number of nitrogens with zero attached hydrogens (tertiary/aromatic N) is 1. The van der Waals surface area contributed by atoms with Crippen LogP contribution in [0.5, 0.6) is 0 Å². The van der Waals surface area contributed by atoms with Gasteiger partial charge in [-0.05, 0) is 101 Å². The van der Waals surface area contributed by atoms with Crippen LogP contribution in [0.3, 0.4) is 0 Å². The van der Waals surface area contributed by atoms with Crippen molar-refractivity contribution >= 4 is 29.2 Å². The van der Waals surface area contributed by atoms with E-state index >= 15 is 0 Å². The van der Waals surface area contributed by atoms with Crippen molar-refractivity contribution in [3.8, 4) is 0 Å². The number of Topliss-reactive ketones (excluding diaryl/α,β-unsaturated/α-hetero) is 3. The number of aliphatic hydroxyl groups excluding tert-OH is 2. The number of carbonyl (C=O) groups excluding carboxylic acids is 5. The number of carbonyl (C=O) groups is 5. The molecule has 6 bridgehead atoms. The predicted molar refractivity (Wildman–Crippen MR) is 249 cm³/mol. The lowest BCUT2D eigenvalue weighted by atomic mass is 9.68. The summed E-state index contributed by atoms with van der Waals surface area (Å²) < 4.78 is 35.6. The Morgan fingerprint density at radius 1 is 0.851 bits per heavy atom. The van der Waals surface area contributed by atoms with Crippen molar-refractivity contribution in [1.29, 1.82) is 0 Å².